The Balaban J connectivity index is 2.22. The average molecular weight is 281 g/mol. The van der Waals surface area contributed by atoms with Crippen LogP contribution in [0.5, 0.6) is 0 Å². The maximum atomic E-state index is 11.7. The Morgan fingerprint density at radius 2 is 1.95 bits per heavy atom. The molecule has 3 nitrogen and oxygen atoms in total. The van der Waals surface area contributed by atoms with Crippen LogP contribution in [0.1, 0.15) is 25.8 Å². The van der Waals surface area contributed by atoms with Crippen LogP contribution in [0.25, 0.3) is 0 Å². The van der Waals surface area contributed by atoms with Gasteiger partial charge in [0.15, 0.2) is 0 Å². The molecule has 106 valence electrons. The monoisotopic (exact) mass is 281 g/mol. The van der Waals surface area contributed by atoms with Crippen molar-refractivity contribution in [3.8, 4) is 0 Å². The highest BCUT2D eigenvalue weighted by atomic mass is 32.2. The number of carbonyl (C=O) groups excluding carboxylic acids is 1. The Morgan fingerprint density at radius 3 is 2.53 bits per heavy atom. The third-order valence-electron chi connectivity index (χ3n) is 2.78. The van der Waals surface area contributed by atoms with Gasteiger partial charge >= 0.3 is 0 Å². The molecule has 0 aliphatic rings. The minimum atomic E-state index is -0.311. The summed E-state index contributed by atoms with van der Waals surface area (Å²) in [4.78, 5) is 12.8. The Labute approximate surface area is 119 Å². The van der Waals surface area contributed by atoms with Gasteiger partial charge in [-0.25, -0.2) is 0 Å². The van der Waals surface area contributed by atoms with E-state index in [4.69, 9.17) is 0 Å². The molecule has 2 N–H and O–H groups in total. The number of aliphatic hydroxyl groups excluding tert-OH is 1. The molecule has 1 aromatic carbocycles. The van der Waals surface area contributed by atoms with E-state index < -0.39 is 0 Å². The summed E-state index contributed by atoms with van der Waals surface area (Å²) in [6, 6.07) is 8.16. The molecule has 0 saturated carbocycles. The van der Waals surface area contributed by atoms with Crippen molar-refractivity contribution in [1.29, 1.82) is 0 Å². The van der Waals surface area contributed by atoms with Crippen LogP contribution in [-0.4, -0.2) is 29.4 Å². The van der Waals surface area contributed by atoms with Crippen molar-refractivity contribution < 1.29 is 9.90 Å². The smallest absolute Gasteiger partial charge is 0.230 e. The van der Waals surface area contributed by atoms with Crippen molar-refractivity contribution in [2.24, 2.45) is 5.92 Å². The lowest BCUT2D eigenvalue weighted by atomic mass is 10.1. The normalized spacial score (nSPS) is 13.9. The van der Waals surface area contributed by atoms with E-state index >= 15 is 0 Å². The zero-order chi connectivity index (χ0) is 14.3. The predicted molar refractivity (Wildman–Crippen MR) is 80.4 cm³/mol. The van der Waals surface area contributed by atoms with Crippen LogP contribution in [0.3, 0.4) is 0 Å². The van der Waals surface area contributed by atoms with E-state index in [9.17, 15) is 9.90 Å². The molecular weight excluding hydrogens is 258 g/mol. The fraction of sp³-hybridized carbons (Fsp3) is 0.533. The number of hydrogen-bond donors (Lipinski definition) is 2. The lowest BCUT2D eigenvalue weighted by molar-refractivity contribution is -0.118. The number of thioether (sulfide) groups is 1. The van der Waals surface area contributed by atoms with Gasteiger partial charge in [-0.15, -0.1) is 11.8 Å². The van der Waals surface area contributed by atoms with E-state index in [0.29, 0.717) is 24.6 Å². The van der Waals surface area contributed by atoms with Gasteiger partial charge in [-0.2, -0.15) is 0 Å². The van der Waals surface area contributed by atoms with E-state index in [1.54, 1.807) is 18.7 Å². The fourth-order valence-electron chi connectivity index (χ4n) is 1.79. The molecule has 0 aromatic heterocycles. The van der Waals surface area contributed by atoms with Gasteiger partial charge in [0.1, 0.15) is 0 Å². The first-order valence-corrected chi connectivity index (χ1v) is 7.60. The zero-order valence-electron chi connectivity index (χ0n) is 11.8. The van der Waals surface area contributed by atoms with E-state index in [0.717, 1.165) is 4.90 Å². The molecule has 0 aliphatic carbocycles. The van der Waals surface area contributed by atoms with E-state index in [1.165, 1.54) is 5.56 Å². The van der Waals surface area contributed by atoms with Crippen LogP contribution < -0.4 is 5.32 Å². The number of aliphatic hydroxyl groups is 1. The molecule has 0 fully saturated rings. The molecule has 1 rings (SSSR count). The summed E-state index contributed by atoms with van der Waals surface area (Å²) in [5.41, 5.74) is 1.22. The van der Waals surface area contributed by atoms with Crippen molar-refractivity contribution in [1.82, 2.24) is 5.32 Å². The van der Waals surface area contributed by atoms with Crippen molar-refractivity contribution >= 4 is 17.7 Å². The molecule has 19 heavy (non-hydrogen) atoms. The quantitative estimate of drug-likeness (QED) is 0.755. The molecule has 1 amide bonds. The Kier molecular flexibility index (Phi) is 6.95. The number of amides is 1. The van der Waals surface area contributed by atoms with Gasteiger partial charge in [0, 0.05) is 11.4 Å². The summed E-state index contributed by atoms with van der Waals surface area (Å²) in [6.45, 7) is 6.47. The molecular formula is C15H23NO2S. The van der Waals surface area contributed by atoms with Gasteiger partial charge in [-0.3, -0.25) is 4.79 Å². The standard InChI is InChI=1S/C15H23NO2S/c1-11-4-6-14(7-5-11)19-10-15(18)16-9-12(2)8-13(3)17/h4-7,12-13,17H,8-10H2,1-3H3,(H,16,18). The molecule has 2 unspecified atom stereocenters. The van der Waals surface area contributed by atoms with E-state index in [2.05, 4.69) is 5.32 Å². The molecule has 0 spiro atoms. The van der Waals surface area contributed by atoms with Gasteiger partial charge in [0.05, 0.1) is 11.9 Å². The topological polar surface area (TPSA) is 49.3 Å². The lowest BCUT2D eigenvalue weighted by Crippen LogP contribution is -2.30. The predicted octanol–water partition coefficient (Wildman–Crippen LogP) is 2.61. The number of rotatable bonds is 7. The second-order valence-electron chi connectivity index (χ2n) is 5.10. The van der Waals surface area contributed by atoms with Gasteiger partial charge in [-0.1, -0.05) is 24.6 Å². The minimum Gasteiger partial charge on any atom is -0.393 e. The minimum absolute atomic E-state index is 0.0445. The van der Waals surface area contributed by atoms with Crippen LogP contribution in [-0.2, 0) is 4.79 Å². The third kappa shape index (κ3) is 7.23. The largest absolute Gasteiger partial charge is 0.393 e. The molecule has 0 radical (unpaired) electrons. The Morgan fingerprint density at radius 1 is 1.32 bits per heavy atom. The van der Waals surface area contributed by atoms with E-state index in [1.807, 2.05) is 38.1 Å². The van der Waals surface area contributed by atoms with Crippen LogP contribution in [0.4, 0.5) is 0 Å². The van der Waals surface area contributed by atoms with Gasteiger partial charge in [0.2, 0.25) is 5.91 Å². The average Bonchev–Trinajstić information content (AvgIpc) is 2.35. The van der Waals surface area contributed by atoms with Crippen LogP contribution in [0, 0.1) is 12.8 Å². The highest BCUT2D eigenvalue weighted by molar-refractivity contribution is 8.00. The molecule has 0 aliphatic heterocycles. The number of hydrogen-bond acceptors (Lipinski definition) is 3. The second kappa shape index (κ2) is 8.23. The highest BCUT2D eigenvalue weighted by Gasteiger charge is 2.08. The molecule has 0 bridgehead atoms. The molecule has 2 atom stereocenters. The summed E-state index contributed by atoms with van der Waals surface area (Å²) < 4.78 is 0. The zero-order valence-corrected chi connectivity index (χ0v) is 12.7. The van der Waals surface area contributed by atoms with Crippen molar-refractivity contribution in [3.63, 3.8) is 0 Å². The second-order valence-corrected chi connectivity index (χ2v) is 6.14. The van der Waals surface area contributed by atoms with Crippen molar-refractivity contribution in [2.45, 2.75) is 38.2 Å². The van der Waals surface area contributed by atoms with Crippen molar-refractivity contribution in [3.05, 3.63) is 29.8 Å². The van der Waals surface area contributed by atoms with Gasteiger partial charge < -0.3 is 10.4 Å². The van der Waals surface area contributed by atoms with Crippen molar-refractivity contribution in [2.75, 3.05) is 12.3 Å². The number of aryl methyl sites for hydroxylation is 1. The lowest BCUT2D eigenvalue weighted by Gasteiger charge is -2.14. The first kappa shape index (κ1) is 16.1. The summed E-state index contributed by atoms with van der Waals surface area (Å²) in [5, 5.41) is 12.1. The summed E-state index contributed by atoms with van der Waals surface area (Å²) in [7, 11) is 0. The Bertz CT molecular complexity index is 390. The fourth-order valence-corrected chi connectivity index (χ4v) is 2.52. The van der Waals surface area contributed by atoms with Crippen LogP contribution >= 0.6 is 11.8 Å². The van der Waals surface area contributed by atoms with Crippen LogP contribution in [0.15, 0.2) is 29.2 Å². The first-order chi connectivity index (χ1) is 8.97. The maximum Gasteiger partial charge on any atom is 0.230 e. The Hall–Kier alpha value is -1.00. The number of nitrogens with one attached hydrogen (secondary N) is 1. The van der Waals surface area contributed by atoms with Crippen LogP contribution in [0.2, 0.25) is 0 Å². The highest BCUT2D eigenvalue weighted by Crippen LogP contribution is 2.17. The molecule has 0 saturated heterocycles. The number of benzene rings is 1. The summed E-state index contributed by atoms with van der Waals surface area (Å²) in [5.74, 6) is 0.779. The number of carbonyl (C=O) groups is 1. The third-order valence-corrected chi connectivity index (χ3v) is 3.79. The first-order valence-electron chi connectivity index (χ1n) is 6.61. The van der Waals surface area contributed by atoms with Gasteiger partial charge in [0.25, 0.3) is 0 Å². The summed E-state index contributed by atoms with van der Waals surface area (Å²) >= 11 is 1.54. The van der Waals surface area contributed by atoms with E-state index in [-0.39, 0.29) is 12.0 Å². The SMILES string of the molecule is Cc1ccc(SCC(=O)NCC(C)CC(C)O)cc1. The maximum absolute atomic E-state index is 11.7. The molecule has 1 aromatic rings. The van der Waals surface area contributed by atoms with Gasteiger partial charge in [-0.05, 0) is 38.3 Å². The summed E-state index contributed by atoms with van der Waals surface area (Å²) in [6.07, 6.45) is 0.402. The molecule has 0 heterocycles. The molecule has 4 heteroatoms.